The summed E-state index contributed by atoms with van der Waals surface area (Å²) >= 11 is 5.56. The van der Waals surface area contributed by atoms with E-state index in [1.54, 1.807) is 19.9 Å². The number of benzene rings is 2. The van der Waals surface area contributed by atoms with Crippen LogP contribution >= 0.6 is 12.2 Å². The molecular formula is C30H28F3N5O3S. The Hall–Kier alpha value is -4.21. The van der Waals surface area contributed by atoms with Crippen molar-refractivity contribution in [3.63, 3.8) is 0 Å². The number of thiocarbonyl (C=S) groups is 1. The first-order chi connectivity index (χ1) is 20.0. The van der Waals surface area contributed by atoms with Crippen molar-refractivity contribution >= 4 is 34.6 Å². The van der Waals surface area contributed by atoms with Crippen LogP contribution in [0.15, 0.2) is 42.6 Å². The number of carbonyl (C=O) groups is 1. The van der Waals surface area contributed by atoms with E-state index < -0.39 is 28.9 Å². The second-order valence-electron chi connectivity index (χ2n) is 10.7. The molecule has 0 spiro atoms. The van der Waals surface area contributed by atoms with Crippen LogP contribution in [-0.2, 0) is 4.79 Å². The Balaban J connectivity index is 1.43. The van der Waals surface area contributed by atoms with Gasteiger partial charge in [-0.2, -0.15) is 5.26 Å². The minimum atomic E-state index is -1.36. The molecule has 0 bridgehead atoms. The number of piperidine rings is 1. The molecule has 0 aliphatic carbocycles. The molecule has 8 nitrogen and oxygen atoms in total. The highest BCUT2D eigenvalue weighted by molar-refractivity contribution is 7.81. The number of carbonyl (C=O) groups excluding carboxylic acids is 1. The van der Waals surface area contributed by atoms with Crippen LogP contribution in [0.2, 0.25) is 0 Å². The molecule has 2 fully saturated rings. The second-order valence-corrected chi connectivity index (χ2v) is 11.1. The van der Waals surface area contributed by atoms with Crippen LogP contribution in [0, 0.1) is 28.8 Å². The molecule has 0 unspecified atom stereocenters. The van der Waals surface area contributed by atoms with Crippen molar-refractivity contribution in [2.45, 2.75) is 38.3 Å². The van der Waals surface area contributed by atoms with Crippen LogP contribution in [0.4, 0.5) is 24.5 Å². The highest BCUT2D eigenvalue weighted by Gasteiger charge is 2.51. The van der Waals surface area contributed by atoms with Gasteiger partial charge in [0.25, 0.3) is 5.91 Å². The fourth-order valence-electron chi connectivity index (χ4n) is 5.25. The van der Waals surface area contributed by atoms with Crippen LogP contribution in [0.1, 0.15) is 32.3 Å². The van der Waals surface area contributed by atoms with E-state index in [1.807, 2.05) is 13.1 Å². The van der Waals surface area contributed by atoms with Crippen molar-refractivity contribution < 1.29 is 27.4 Å². The van der Waals surface area contributed by atoms with Gasteiger partial charge in [-0.25, -0.2) is 13.2 Å². The van der Waals surface area contributed by atoms with Gasteiger partial charge in [-0.15, -0.1) is 0 Å². The minimum Gasteiger partial charge on any atom is -0.492 e. The number of pyridine rings is 1. The molecule has 0 atom stereocenters. The van der Waals surface area contributed by atoms with Crippen molar-refractivity contribution in [1.82, 2.24) is 9.88 Å². The summed E-state index contributed by atoms with van der Waals surface area (Å²) in [6.07, 6.45) is 2.92. The number of ether oxygens (including phenoxy) is 2. The lowest BCUT2D eigenvalue weighted by atomic mass is 10.0. The molecule has 2 aliphatic heterocycles. The molecular weight excluding hydrogens is 567 g/mol. The van der Waals surface area contributed by atoms with Crippen LogP contribution in [0.5, 0.6) is 11.5 Å². The van der Waals surface area contributed by atoms with Gasteiger partial charge in [-0.05, 0) is 70.2 Å². The van der Waals surface area contributed by atoms with E-state index in [9.17, 15) is 10.1 Å². The molecule has 3 heterocycles. The molecule has 0 radical (unpaired) electrons. The van der Waals surface area contributed by atoms with E-state index in [4.69, 9.17) is 21.7 Å². The Morgan fingerprint density at radius 3 is 2.43 bits per heavy atom. The summed E-state index contributed by atoms with van der Waals surface area (Å²) < 4.78 is 56.9. The number of methoxy groups -OCH3 is 1. The molecule has 218 valence electrons. The SMILES string of the molecule is COc1c(C#N)ccc(N2C(=O)C(C)(C)N(c3cnc(-c4ccc(OC5CCN(C)CC5)cc4F)c(F)c3)C2=S)c1F. The minimum absolute atomic E-state index is 0.0191. The van der Waals surface area contributed by atoms with Crippen molar-refractivity contribution in [1.29, 1.82) is 5.26 Å². The quantitative estimate of drug-likeness (QED) is 0.349. The number of anilines is 2. The second kappa shape index (κ2) is 11.2. The standard InChI is InChI=1S/C30H28F3N5O3S/c1-30(2)28(39)37(24-8-5-17(15-34)27(40-4)25(24)33)29(42)38(30)18-13-23(32)26(35-16-18)21-7-6-20(14-22(21)31)41-19-9-11-36(3)12-10-19/h5-8,13-14,16,19H,9-12H2,1-4H3. The Bertz CT molecular complexity index is 1620. The summed E-state index contributed by atoms with van der Waals surface area (Å²) in [5.41, 5.74) is -1.79. The van der Waals surface area contributed by atoms with Crippen molar-refractivity contribution in [3.05, 3.63) is 65.6 Å². The van der Waals surface area contributed by atoms with Gasteiger partial charge in [0.05, 0.1) is 30.2 Å². The number of halogens is 3. The lowest BCUT2D eigenvalue weighted by molar-refractivity contribution is -0.120. The van der Waals surface area contributed by atoms with Gasteiger partial charge in [0, 0.05) is 30.8 Å². The first-order valence-electron chi connectivity index (χ1n) is 13.2. The van der Waals surface area contributed by atoms with Gasteiger partial charge >= 0.3 is 0 Å². The van der Waals surface area contributed by atoms with E-state index in [-0.39, 0.29) is 45.2 Å². The Morgan fingerprint density at radius 2 is 1.81 bits per heavy atom. The topological polar surface area (TPSA) is 81.9 Å². The number of hydrogen-bond donors (Lipinski definition) is 0. The summed E-state index contributed by atoms with van der Waals surface area (Å²) in [7, 11) is 3.24. The molecule has 2 saturated heterocycles. The molecule has 5 rings (SSSR count). The van der Waals surface area contributed by atoms with Crippen molar-refractivity contribution in [2.75, 3.05) is 37.0 Å². The molecule has 0 N–H and O–H groups in total. The number of amides is 1. The van der Waals surface area contributed by atoms with Crippen LogP contribution < -0.4 is 19.3 Å². The number of hydrogen-bond acceptors (Lipinski definition) is 7. The summed E-state index contributed by atoms with van der Waals surface area (Å²) in [6.45, 7) is 4.89. The Labute approximate surface area is 246 Å². The summed E-state index contributed by atoms with van der Waals surface area (Å²) in [6, 6.07) is 9.73. The third kappa shape index (κ3) is 5.03. The van der Waals surface area contributed by atoms with Gasteiger partial charge < -0.3 is 19.3 Å². The highest BCUT2D eigenvalue weighted by atomic mass is 32.1. The highest BCUT2D eigenvalue weighted by Crippen LogP contribution is 2.40. The molecule has 12 heteroatoms. The zero-order valence-electron chi connectivity index (χ0n) is 23.5. The summed E-state index contributed by atoms with van der Waals surface area (Å²) in [4.78, 5) is 22.2. The number of likely N-dealkylation sites (tertiary alicyclic amines) is 1. The molecule has 42 heavy (non-hydrogen) atoms. The van der Waals surface area contributed by atoms with Gasteiger partial charge in [0.1, 0.15) is 35.0 Å². The van der Waals surface area contributed by atoms with Crippen LogP contribution in [0.3, 0.4) is 0 Å². The fourth-order valence-corrected chi connectivity index (χ4v) is 5.77. The maximum atomic E-state index is 15.5. The number of aromatic nitrogens is 1. The first kappa shape index (κ1) is 29.3. The van der Waals surface area contributed by atoms with E-state index in [1.165, 1.54) is 42.5 Å². The van der Waals surface area contributed by atoms with Crippen molar-refractivity contribution in [3.8, 4) is 28.8 Å². The first-order valence-corrected chi connectivity index (χ1v) is 13.6. The molecule has 2 aromatic carbocycles. The number of nitrogens with zero attached hydrogens (tertiary/aromatic N) is 5. The van der Waals surface area contributed by atoms with E-state index in [2.05, 4.69) is 9.88 Å². The van der Waals surface area contributed by atoms with E-state index in [0.29, 0.717) is 5.75 Å². The van der Waals surface area contributed by atoms with Crippen LogP contribution in [-0.4, -0.2) is 59.8 Å². The average Bonchev–Trinajstić information content (AvgIpc) is 3.13. The monoisotopic (exact) mass is 595 g/mol. The van der Waals surface area contributed by atoms with Crippen LogP contribution in [0.25, 0.3) is 11.3 Å². The average molecular weight is 596 g/mol. The molecule has 1 amide bonds. The zero-order valence-corrected chi connectivity index (χ0v) is 24.3. The van der Waals surface area contributed by atoms with Crippen molar-refractivity contribution in [2.24, 2.45) is 0 Å². The largest absolute Gasteiger partial charge is 0.492 e. The predicted molar refractivity (Wildman–Crippen MR) is 155 cm³/mol. The maximum absolute atomic E-state index is 15.5. The third-order valence-corrected chi connectivity index (χ3v) is 7.92. The van der Waals surface area contributed by atoms with E-state index in [0.717, 1.165) is 36.9 Å². The third-order valence-electron chi connectivity index (χ3n) is 7.56. The number of nitriles is 1. The van der Waals surface area contributed by atoms with Gasteiger partial charge in [0.15, 0.2) is 22.5 Å². The molecule has 1 aromatic heterocycles. The maximum Gasteiger partial charge on any atom is 0.259 e. The lowest BCUT2D eigenvalue weighted by Crippen LogP contribution is -2.44. The summed E-state index contributed by atoms with van der Waals surface area (Å²) in [5.74, 6) is -3.03. The number of rotatable bonds is 6. The smallest absolute Gasteiger partial charge is 0.259 e. The normalized spacial score (nSPS) is 17.5. The lowest BCUT2D eigenvalue weighted by Gasteiger charge is -2.29. The van der Waals surface area contributed by atoms with Gasteiger partial charge in [-0.3, -0.25) is 14.7 Å². The Morgan fingerprint density at radius 1 is 1.10 bits per heavy atom. The van der Waals surface area contributed by atoms with Gasteiger partial charge in [-0.1, -0.05) is 0 Å². The zero-order chi connectivity index (χ0) is 30.3. The molecule has 0 saturated carbocycles. The molecule has 3 aromatic rings. The summed E-state index contributed by atoms with van der Waals surface area (Å²) in [5, 5.41) is 9.13. The fraction of sp³-hybridized carbons (Fsp3) is 0.333. The molecule has 2 aliphatic rings. The predicted octanol–water partition coefficient (Wildman–Crippen LogP) is 5.44. The Kier molecular flexibility index (Phi) is 7.83. The van der Waals surface area contributed by atoms with E-state index >= 15 is 13.2 Å². The van der Waals surface area contributed by atoms with Gasteiger partial charge in [0.2, 0.25) is 0 Å².